The van der Waals surface area contributed by atoms with Gasteiger partial charge in [0.15, 0.2) is 0 Å². The summed E-state index contributed by atoms with van der Waals surface area (Å²) in [6.45, 7) is 8.62. The van der Waals surface area contributed by atoms with E-state index < -0.39 is 5.41 Å². The fourth-order valence-corrected chi connectivity index (χ4v) is 2.94. The Morgan fingerprint density at radius 3 is 2.57 bits per heavy atom. The number of amides is 1. The summed E-state index contributed by atoms with van der Waals surface area (Å²) in [6, 6.07) is 8.45. The minimum Gasteiger partial charge on any atom is -0.381 e. The maximum absolute atomic E-state index is 12.6. The lowest BCUT2D eigenvalue weighted by molar-refractivity contribution is -0.136. The van der Waals surface area contributed by atoms with Crippen LogP contribution in [0.5, 0.6) is 0 Å². The number of aryl methyl sites for hydroxylation is 1. The van der Waals surface area contributed by atoms with Crippen molar-refractivity contribution in [2.45, 2.75) is 39.0 Å². The fourth-order valence-electron chi connectivity index (χ4n) is 2.94. The molecule has 1 heterocycles. The average Bonchev–Trinajstić information content (AvgIpc) is 2.53. The van der Waals surface area contributed by atoms with Crippen LogP contribution in [0, 0.1) is 12.3 Å². The van der Waals surface area contributed by atoms with Crippen LogP contribution < -0.4 is 11.1 Å². The molecule has 0 bridgehead atoms. The van der Waals surface area contributed by atoms with Crippen molar-refractivity contribution in [1.82, 2.24) is 5.32 Å². The Kier molecular flexibility index (Phi) is 7.05. The summed E-state index contributed by atoms with van der Waals surface area (Å²) in [4.78, 5) is 12.6. The summed E-state index contributed by atoms with van der Waals surface area (Å²) in [5.74, 6) is 0.0685. The molecule has 5 heteroatoms. The van der Waals surface area contributed by atoms with E-state index in [4.69, 9.17) is 10.5 Å². The van der Waals surface area contributed by atoms with Crippen LogP contribution in [0.1, 0.15) is 37.8 Å². The van der Waals surface area contributed by atoms with E-state index in [0.717, 1.165) is 0 Å². The maximum atomic E-state index is 12.6. The van der Waals surface area contributed by atoms with Crippen molar-refractivity contribution in [2.75, 3.05) is 26.3 Å². The molecule has 1 saturated heterocycles. The Morgan fingerprint density at radius 1 is 1.35 bits per heavy atom. The van der Waals surface area contributed by atoms with E-state index in [1.165, 1.54) is 11.1 Å². The SMILES string of the molecule is Cc1cccc(C(C)(C)CNC(=O)C2(CN)CCOCC2)c1.Cl. The molecule has 3 N–H and O–H groups in total. The Labute approximate surface area is 145 Å². The van der Waals surface area contributed by atoms with Crippen molar-refractivity contribution in [1.29, 1.82) is 0 Å². The van der Waals surface area contributed by atoms with Crippen molar-refractivity contribution >= 4 is 18.3 Å². The highest BCUT2D eigenvalue weighted by Crippen LogP contribution is 2.30. The van der Waals surface area contributed by atoms with Crippen molar-refractivity contribution in [2.24, 2.45) is 11.1 Å². The number of hydrogen-bond acceptors (Lipinski definition) is 3. The molecule has 0 aromatic heterocycles. The fraction of sp³-hybridized carbons (Fsp3) is 0.611. The number of carbonyl (C=O) groups excluding carboxylic acids is 1. The molecule has 23 heavy (non-hydrogen) atoms. The lowest BCUT2D eigenvalue weighted by atomic mass is 9.78. The first-order chi connectivity index (χ1) is 10.4. The van der Waals surface area contributed by atoms with Gasteiger partial charge in [-0.3, -0.25) is 4.79 Å². The molecule has 130 valence electrons. The molecular weight excluding hydrogens is 312 g/mol. The molecule has 0 aliphatic carbocycles. The molecular formula is C18H29ClN2O2. The summed E-state index contributed by atoms with van der Waals surface area (Å²) in [6.07, 6.45) is 1.42. The van der Waals surface area contributed by atoms with Gasteiger partial charge in [-0.05, 0) is 25.3 Å². The summed E-state index contributed by atoms with van der Waals surface area (Å²) >= 11 is 0. The predicted octanol–water partition coefficient (Wildman–Crippen LogP) is 2.57. The average molecular weight is 341 g/mol. The Hall–Kier alpha value is -1.10. The first-order valence-electron chi connectivity index (χ1n) is 8.03. The Morgan fingerprint density at radius 2 is 2.00 bits per heavy atom. The normalized spacial score (nSPS) is 17.2. The van der Waals surface area contributed by atoms with E-state index in [-0.39, 0.29) is 23.7 Å². The Bertz CT molecular complexity index is 526. The van der Waals surface area contributed by atoms with Crippen LogP contribution in [0.3, 0.4) is 0 Å². The van der Waals surface area contributed by atoms with Gasteiger partial charge >= 0.3 is 0 Å². The second-order valence-electron chi connectivity index (χ2n) is 7.03. The largest absolute Gasteiger partial charge is 0.381 e. The van der Waals surface area contributed by atoms with Gasteiger partial charge in [0.05, 0.1) is 5.41 Å². The molecule has 1 aliphatic heterocycles. The van der Waals surface area contributed by atoms with Gasteiger partial charge in [0, 0.05) is 31.7 Å². The third-order valence-electron chi connectivity index (χ3n) is 4.81. The number of nitrogens with one attached hydrogen (secondary N) is 1. The highest BCUT2D eigenvalue weighted by molar-refractivity contribution is 5.85. The minimum absolute atomic E-state index is 0. The van der Waals surface area contributed by atoms with Crippen molar-refractivity contribution in [3.8, 4) is 0 Å². The first kappa shape index (κ1) is 19.9. The molecule has 1 amide bonds. The van der Waals surface area contributed by atoms with Crippen molar-refractivity contribution < 1.29 is 9.53 Å². The van der Waals surface area contributed by atoms with Gasteiger partial charge in [-0.25, -0.2) is 0 Å². The number of halogens is 1. The van der Waals surface area contributed by atoms with E-state index in [1.54, 1.807) is 0 Å². The zero-order valence-electron chi connectivity index (χ0n) is 14.4. The first-order valence-corrected chi connectivity index (χ1v) is 8.03. The molecule has 0 radical (unpaired) electrons. The zero-order chi connectivity index (χ0) is 16.2. The molecule has 0 saturated carbocycles. The molecule has 0 atom stereocenters. The van der Waals surface area contributed by atoms with Gasteiger partial charge in [-0.1, -0.05) is 43.7 Å². The maximum Gasteiger partial charge on any atom is 0.227 e. The summed E-state index contributed by atoms with van der Waals surface area (Å²) < 4.78 is 5.37. The third-order valence-corrected chi connectivity index (χ3v) is 4.81. The highest BCUT2D eigenvalue weighted by Gasteiger charge is 2.39. The standard InChI is InChI=1S/C18H28N2O2.ClH/c1-14-5-4-6-15(11-14)17(2,3)13-20-16(21)18(12-19)7-9-22-10-8-18;/h4-6,11H,7-10,12-13,19H2,1-3H3,(H,20,21);1H. The van der Waals surface area contributed by atoms with Gasteiger partial charge in [-0.2, -0.15) is 0 Å². The van der Waals surface area contributed by atoms with E-state index in [1.807, 2.05) is 0 Å². The van der Waals surface area contributed by atoms with E-state index in [0.29, 0.717) is 39.1 Å². The van der Waals surface area contributed by atoms with E-state index in [2.05, 4.69) is 50.4 Å². The van der Waals surface area contributed by atoms with Crippen LogP contribution in [-0.2, 0) is 14.9 Å². The molecule has 1 aliphatic rings. The number of ether oxygens (including phenoxy) is 1. The second-order valence-corrected chi connectivity index (χ2v) is 7.03. The van der Waals surface area contributed by atoms with Crippen LogP contribution in [0.2, 0.25) is 0 Å². The smallest absolute Gasteiger partial charge is 0.227 e. The monoisotopic (exact) mass is 340 g/mol. The van der Waals surface area contributed by atoms with Gasteiger partial charge in [-0.15, -0.1) is 12.4 Å². The van der Waals surface area contributed by atoms with Gasteiger partial charge in [0.2, 0.25) is 5.91 Å². The summed E-state index contributed by atoms with van der Waals surface area (Å²) in [5.41, 5.74) is 7.80. The molecule has 2 rings (SSSR count). The quantitative estimate of drug-likeness (QED) is 0.865. The number of benzene rings is 1. The van der Waals surface area contributed by atoms with E-state index >= 15 is 0 Å². The summed E-state index contributed by atoms with van der Waals surface area (Å²) in [5, 5.41) is 3.13. The van der Waals surface area contributed by atoms with Crippen molar-refractivity contribution in [3.63, 3.8) is 0 Å². The van der Waals surface area contributed by atoms with Crippen LogP contribution in [-0.4, -0.2) is 32.2 Å². The van der Waals surface area contributed by atoms with Gasteiger partial charge in [0.25, 0.3) is 0 Å². The van der Waals surface area contributed by atoms with Crippen LogP contribution >= 0.6 is 12.4 Å². The third kappa shape index (κ3) is 4.69. The van der Waals surface area contributed by atoms with Crippen LogP contribution in [0.25, 0.3) is 0 Å². The Balaban J connectivity index is 0.00000264. The van der Waals surface area contributed by atoms with Crippen molar-refractivity contribution in [3.05, 3.63) is 35.4 Å². The topological polar surface area (TPSA) is 64.4 Å². The number of hydrogen-bond donors (Lipinski definition) is 2. The number of carbonyl (C=O) groups is 1. The van der Waals surface area contributed by atoms with Crippen LogP contribution in [0.15, 0.2) is 24.3 Å². The number of nitrogens with two attached hydrogens (primary N) is 1. The second kappa shape index (κ2) is 8.13. The van der Waals surface area contributed by atoms with E-state index in [9.17, 15) is 4.79 Å². The molecule has 1 aromatic carbocycles. The highest BCUT2D eigenvalue weighted by atomic mass is 35.5. The molecule has 0 unspecified atom stereocenters. The minimum atomic E-state index is -0.457. The van der Waals surface area contributed by atoms with Gasteiger partial charge < -0.3 is 15.8 Å². The lowest BCUT2D eigenvalue weighted by Gasteiger charge is -2.36. The predicted molar refractivity (Wildman–Crippen MR) is 96.0 cm³/mol. The lowest BCUT2D eigenvalue weighted by Crippen LogP contribution is -2.51. The molecule has 0 spiro atoms. The van der Waals surface area contributed by atoms with Crippen LogP contribution in [0.4, 0.5) is 0 Å². The molecule has 1 fully saturated rings. The molecule has 1 aromatic rings. The number of rotatable bonds is 5. The molecule has 4 nitrogen and oxygen atoms in total. The zero-order valence-corrected chi connectivity index (χ0v) is 15.2. The van der Waals surface area contributed by atoms with Gasteiger partial charge in [0.1, 0.15) is 0 Å². The summed E-state index contributed by atoms with van der Waals surface area (Å²) in [7, 11) is 0.